The van der Waals surface area contributed by atoms with Crippen molar-refractivity contribution < 1.29 is 8.42 Å². The summed E-state index contributed by atoms with van der Waals surface area (Å²) in [6.07, 6.45) is 2.20. The first-order valence-corrected chi connectivity index (χ1v) is 6.76. The van der Waals surface area contributed by atoms with Gasteiger partial charge < -0.3 is 5.32 Å². The highest BCUT2D eigenvalue weighted by Gasteiger charge is 2.23. The molecule has 1 aliphatic carbocycles. The first-order chi connectivity index (χ1) is 7.08. The van der Waals surface area contributed by atoms with Crippen LogP contribution in [0.3, 0.4) is 0 Å². The second-order valence-corrected chi connectivity index (χ2v) is 6.04. The molecule has 0 heterocycles. The van der Waals surface area contributed by atoms with E-state index >= 15 is 0 Å². The molecule has 4 heteroatoms. The second kappa shape index (κ2) is 3.94. The normalized spacial score (nSPS) is 16.6. The summed E-state index contributed by atoms with van der Waals surface area (Å²) in [7, 11) is -3.14. The van der Waals surface area contributed by atoms with Gasteiger partial charge >= 0.3 is 0 Å². The summed E-state index contributed by atoms with van der Waals surface area (Å²) >= 11 is 0. The van der Waals surface area contributed by atoms with Gasteiger partial charge in [-0.2, -0.15) is 0 Å². The van der Waals surface area contributed by atoms with Gasteiger partial charge in [0.15, 0.2) is 9.84 Å². The zero-order valence-electron chi connectivity index (χ0n) is 8.73. The molecular formula is C11H15NO2S. The maximum Gasteiger partial charge on any atom is 0.191 e. The first-order valence-electron chi connectivity index (χ1n) is 5.11. The van der Waals surface area contributed by atoms with Crippen molar-refractivity contribution >= 4 is 9.84 Å². The number of hydrogen-bond donors (Lipinski definition) is 1. The molecule has 0 atom stereocenters. The molecule has 82 valence electrons. The lowest BCUT2D eigenvalue weighted by Gasteiger charge is -2.05. The largest absolute Gasteiger partial charge is 0.301 e. The lowest BCUT2D eigenvalue weighted by Crippen LogP contribution is -2.25. The van der Waals surface area contributed by atoms with E-state index in [4.69, 9.17) is 0 Å². The number of aryl methyl sites for hydroxylation is 1. The van der Waals surface area contributed by atoms with E-state index in [1.54, 1.807) is 12.1 Å². The van der Waals surface area contributed by atoms with E-state index in [9.17, 15) is 8.42 Å². The molecule has 1 aromatic rings. The molecule has 3 nitrogen and oxygen atoms in total. The van der Waals surface area contributed by atoms with Gasteiger partial charge in [0.25, 0.3) is 0 Å². The van der Waals surface area contributed by atoms with Crippen molar-refractivity contribution in [3.63, 3.8) is 0 Å². The summed E-state index contributed by atoms with van der Waals surface area (Å²) in [6, 6.07) is 7.40. The van der Waals surface area contributed by atoms with Crippen LogP contribution in [0.15, 0.2) is 29.2 Å². The average Bonchev–Trinajstić information content (AvgIpc) is 2.99. The van der Waals surface area contributed by atoms with E-state index in [1.807, 2.05) is 19.1 Å². The minimum Gasteiger partial charge on any atom is -0.301 e. The molecule has 1 aliphatic rings. The monoisotopic (exact) mass is 225 g/mol. The van der Waals surface area contributed by atoms with E-state index in [0.717, 1.165) is 18.4 Å². The third-order valence-electron chi connectivity index (χ3n) is 2.52. The van der Waals surface area contributed by atoms with Crippen molar-refractivity contribution in [3.8, 4) is 0 Å². The van der Waals surface area contributed by atoms with Crippen LogP contribution in [0.1, 0.15) is 18.4 Å². The van der Waals surface area contributed by atoms with Crippen LogP contribution in [0.4, 0.5) is 0 Å². The number of hydrogen-bond acceptors (Lipinski definition) is 3. The van der Waals surface area contributed by atoms with Gasteiger partial charge in [-0.1, -0.05) is 17.7 Å². The maximum absolute atomic E-state index is 11.8. The second-order valence-electron chi connectivity index (χ2n) is 4.05. The van der Waals surface area contributed by atoms with Crippen LogP contribution in [0.25, 0.3) is 0 Å². The highest BCUT2D eigenvalue weighted by Crippen LogP contribution is 2.19. The van der Waals surface area contributed by atoms with Crippen LogP contribution in [0.5, 0.6) is 0 Å². The highest BCUT2D eigenvalue weighted by molar-refractivity contribution is 7.91. The van der Waals surface area contributed by atoms with Gasteiger partial charge in [-0.3, -0.25) is 0 Å². The quantitative estimate of drug-likeness (QED) is 0.844. The Labute approximate surface area is 90.4 Å². The minimum atomic E-state index is -3.14. The lowest BCUT2D eigenvalue weighted by molar-refractivity contribution is 0.586. The van der Waals surface area contributed by atoms with E-state index in [-0.39, 0.29) is 5.88 Å². The SMILES string of the molecule is Cc1ccc(S(=O)(=O)CNC2CC2)cc1. The molecule has 0 amide bonds. The van der Waals surface area contributed by atoms with Crippen molar-refractivity contribution in [2.24, 2.45) is 0 Å². The molecule has 0 aliphatic heterocycles. The van der Waals surface area contributed by atoms with Crippen LogP contribution < -0.4 is 5.32 Å². The van der Waals surface area contributed by atoms with Gasteiger partial charge in [-0.15, -0.1) is 0 Å². The van der Waals surface area contributed by atoms with E-state index in [0.29, 0.717) is 10.9 Å². The van der Waals surface area contributed by atoms with Crippen LogP contribution >= 0.6 is 0 Å². The third-order valence-corrected chi connectivity index (χ3v) is 4.06. The summed E-state index contributed by atoms with van der Waals surface area (Å²) in [4.78, 5) is 0.404. The van der Waals surface area contributed by atoms with Crippen molar-refractivity contribution in [2.45, 2.75) is 30.7 Å². The third kappa shape index (κ3) is 2.79. The summed E-state index contributed by atoms with van der Waals surface area (Å²) < 4.78 is 23.6. The zero-order valence-corrected chi connectivity index (χ0v) is 9.55. The topological polar surface area (TPSA) is 46.2 Å². The lowest BCUT2D eigenvalue weighted by atomic mass is 10.2. The Balaban J connectivity index is 2.09. The van der Waals surface area contributed by atoms with Crippen LogP contribution in [-0.2, 0) is 9.84 Å². The fraction of sp³-hybridized carbons (Fsp3) is 0.455. The average molecular weight is 225 g/mol. The predicted octanol–water partition coefficient (Wildman–Crippen LogP) is 1.48. The number of nitrogens with one attached hydrogen (secondary N) is 1. The van der Waals surface area contributed by atoms with E-state index in [1.165, 1.54) is 0 Å². The number of benzene rings is 1. The molecule has 1 fully saturated rings. The number of rotatable bonds is 4. The first kappa shape index (κ1) is 10.6. The zero-order chi connectivity index (χ0) is 10.9. The molecule has 1 N–H and O–H groups in total. The predicted molar refractivity (Wildman–Crippen MR) is 59.4 cm³/mol. The summed E-state index contributed by atoms with van der Waals surface area (Å²) in [5, 5.41) is 3.02. The van der Waals surface area contributed by atoms with Gasteiger partial charge in [0.05, 0.1) is 4.90 Å². The molecule has 15 heavy (non-hydrogen) atoms. The summed E-state index contributed by atoms with van der Waals surface area (Å²) in [5.41, 5.74) is 1.07. The molecule has 0 saturated heterocycles. The summed E-state index contributed by atoms with van der Waals surface area (Å²) in [6.45, 7) is 1.94. The summed E-state index contributed by atoms with van der Waals surface area (Å²) in [5.74, 6) is 0.0563. The molecule has 0 spiro atoms. The standard InChI is InChI=1S/C11H15NO2S/c1-9-2-6-11(7-3-9)15(13,14)8-12-10-4-5-10/h2-3,6-7,10,12H,4-5,8H2,1H3. The van der Waals surface area contributed by atoms with E-state index < -0.39 is 9.84 Å². The molecule has 0 aromatic heterocycles. The molecular weight excluding hydrogens is 210 g/mol. The molecule has 1 saturated carbocycles. The Morgan fingerprint density at radius 1 is 1.27 bits per heavy atom. The van der Waals surface area contributed by atoms with Gasteiger partial charge in [-0.05, 0) is 31.9 Å². The Bertz CT molecular complexity index is 432. The van der Waals surface area contributed by atoms with Gasteiger partial charge in [0.1, 0.15) is 5.88 Å². The molecule has 0 unspecified atom stereocenters. The Morgan fingerprint density at radius 2 is 1.87 bits per heavy atom. The van der Waals surface area contributed by atoms with Crippen LogP contribution in [0, 0.1) is 6.92 Å². The van der Waals surface area contributed by atoms with Crippen molar-refractivity contribution in [1.82, 2.24) is 5.32 Å². The van der Waals surface area contributed by atoms with Crippen LogP contribution in [-0.4, -0.2) is 20.3 Å². The maximum atomic E-state index is 11.8. The fourth-order valence-electron chi connectivity index (χ4n) is 1.34. The van der Waals surface area contributed by atoms with Gasteiger partial charge in [0, 0.05) is 6.04 Å². The molecule has 2 rings (SSSR count). The Hall–Kier alpha value is -0.870. The van der Waals surface area contributed by atoms with Crippen molar-refractivity contribution in [3.05, 3.63) is 29.8 Å². The van der Waals surface area contributed by atoms with Crippen molar-refractivity contribution in [2.75, 3.05) is 5.88 Å². The molecule has 1 aromatic carbocycles. The molecule has 0 radical (unpaired) electrons. The van der Waals surface area contributed by atoms with Crippen molar-refractivity contribution in [1.29, 1.82) is 0 Å². The number of sulfone groups is 1. The highest BCUT2D eigenvalue weighted by atomic mass is 32.2. The Morgan fingerprint density at radius 3 is 2.40 bits per heavy atom. The van der Waals surface area contributed by atoms with Gasteiger partial charge in [0.2, 0.25) is 0 Å². The van der Waals surface area contributed by atoms with E-state index in [2.05, 4.69) is 5.32 Å². The van der Waals surface area contributed by atoms with Crippen LogP contribution in [0.2, 0.25) is 0 Å². The fourth-order valence-corrected chi connectivity index (χ4v) is 2.52. The Kier molecular flexibility index (Phi) is 2.80. The molecule has 0 bridgehead atoms. The van der Waals surface area contributed by atoms with Gasteiger partial charge in [-0.25, -0.2) is 8.42 Å². The minimum absolute atomic E-state index is 0.0563. The smallest absolute Gasteiger partial charge is 0.191 e.